The molecule has 0 saturated carbocycles. The summed E-state index contributed by atoms with van der Waals surface area (Å²) < 4.78 is 0. The zero-order valence-electron chi connectivity index (χ0n) is 8.96. The van der Waals surface area contributed by atoms with Gasteiger partial charge in [-0.05, 0) is 25.3 Å². The number of benzene rings is 1. The first kappa shape index (κ1) is 12.0. The first-order chi connectivity index (χ1) is 6.35. The van der Waals surface area contributed by atoms with Gasteiger partial charge in [-0.25, -0.2) is 0 Å². The van der Waals surface area contributed by atoms with Crippen molar-refractivity contribution in [2.45, 2.75) is 33.6 Å². The molecule has 1 aromatic rings. The van der Waals surface area contributed by atoms with Gasteiger partial charge in [0, 0.05) is 0 Å². The maximum absolute atomic E-state index is 2.16. The van der Waals surface area contributed by atoms with Crippen LogP contribution in [-0.2, 0) is 6.42 Å². The Hall–Kier alpha value is -1.04. The molecular formula is C13H20. The van der Waals surface area contributed by atoms with Crippen molar-refractivity contribution in [3.05, 3.63) is 48.0 Å². The highest BCUT2D eigenvalue weighted by atomic mass is 13.9. The molecule has 0 aliphatic carbocycles. The molecule has 0 atom stereocenters. The summed E-state index contributed by atoms with van der Waals surface area (Å²) in [6.45, 7) is 6.32. The minimum absolute atomic E-state index is 1.14. The highest BCUT2D eigenvalue weighted by molar-refractivity contribution is 5.13. The number of hydrogen-bond acceptors (Lipinski definition) is 0. The first-order valence-corrected chi connectivity index (χ1v) is 5.00. The summed E-state index contributed by atoms with van der Waals surface area (Å²) in [6, 6.07) is 10.5. The van der Waals surface area contributed by atoms with Gasteiger partial charge < -0.3 is 0 Å². The van der Waals surface area contributed by atoms with E-state index in [0.717, 1.165) is 12.8 Å². The van der Waals surface area contributed by atoms with Crippen molar-refractivity contribution in [3.63, 3.8) is 0 Å². The lowest BCUT2D eigenvalue weighted by Gasteiger charge is -1.89. The zero-order chi connectivity index (χ0) is 9.94. The zero-order valence-corrected chi connectivity index (χ0v) is 8.96. The highest BCUT2D eigenvalue weighted by Gasteiger charge is 1.79. The average molecular weight is 176 g/mol. The molecule has 72 valence electrons. The van der Waals surface area contributed by atoms with Crippen LogP contribution in [0.5, 0.6) is 0 Å². The van der Waals surface area contributed by atoms with Gasteiger partial charge in [-0.15, -0.1) is 0 Å². The molecule has 0 unspecified atom stereocenters. The van der Waals surface area contributed by atoms with Gasteiger partial charge in [0.2, 0.25) is 0 Å². The predicted octanol–water partition coefficient (Wildman–Crippen LogP) is 4.22. The summed E-state index contributed by atoms with van der Waals surface area (Å²) in [4.78, 5) is 0. The van der Waals surface area contributed by atoms with E-state index in [0.29, 0.717) is 0 Å². The Labute approximate surface area is 82.3 Å². The van der Waals surface area contributed by atoms with Crippen LogP contribution < -0.4 is 0 Å². The summed E-state index contributed by atoms with van der Waals surface area (Å²) in [5.74, 6) is 0. The van der Waals surface area contributed by atoms with Crippen molar-refractivity contribution >= 4 is 0 Å². The molecule has 0 heterocycles. The molecule has 0 spiro atoms. The standard InChI is InChI=1S/C8H10.C5H10/c1-2-8-6-4-3-5-7-8;1-3-5-4-2/h3-7H,2H2,1H3;3,5H,4H2,1-2H3. The van der Waals surface area contributed by atoms with E-state index in [2.05, 4.69) is 50.3 Å². The van der Waals surface area contributed by atoms with Crippen molar-refractivity contribution < 1.29 is 0 Å². The van der Waals surface area contributed by atoms with Crippen molar-refractivity contribution in [1.29, 1.82) is 0 Å². The third kappa shape index (κ3) is 7.32. The van der Waals surface area contributed by atoms with Crippen molar-refractivity contribution in [2.75, 3.05) is 0 Å². The van der Waals surface area contributed by atoms with Crippen LogP contribution in [0, 0.1) is 0 Å². The number of rotatable bonds is 2. The molecule has 0 bridgehead atoms. The Kier molecular flexibility index (Phi) is 8.33. The fourth-order valence-corrected chi connectivity index (χ4v) is 0.949. The molecule has 0 radical (unpaired) electrons. The lowest BCUT2D eigenvalue weighted by molar-refractivity contribution is 1.14. The summed E-state index contributed by atoms with van der Waals surface area (Å²) in [7, 11) is 0. The van der Waals surface area contributed by atoms with Crippen LogP contribution in [0.25, 0.3) is 0 Å². The van der Waals surface area contributed by atoms with E-state index in [4.69, 9.17) is 0 Å². The SMILES string of the molecule is CC=CCC.CCc1ccccc1. The fraction of sp³-hybridized carbons (Fsp3) is 0.385. The summed E-state index contributed by atoms with van der Waals surface area (Å²) in [6.07, 6.45) is 6.48. The molecule has 13 heavy (non-hydrogen) atoms. The fourth-order valence-electron chi connectivity index (χ4n) is 0.949. The van der Waals surface area contributed by atoms with Gasteiger partial charge in [-0.3, -0.25) is 0 Å². The summed E-state index contributed by atoms with van der Waals surface area (Å²) >= 11 is 0. The van der Waals surface area contributed by atoms with Gasteiger partial charge in [0.25, 0.3) is 0 Å². The first-order valence-electron chi connectivity index (χ1n) is 5.00. The Morgan fingerprint density at radius 3 is 1.92 bits per heavy atom. The molecule has 0 aliphatic rings. The van der Waals surface area contributed by atoms with E-state index in [1.165, 1.54) is 5.56 Å². The normalized spacial score (nSPS) is 9.46. The molecule has 0 amide bonds. The Morgan fingerprint density at radius 2 is 1.69 bits per heavy atom. The maximum Gasteiger partial charge on any atom is -0.0307 e. The smallest absolute Gasteiger partial charge is 0.0307 e. The second-order valence-electron chi connectivity index (χ2n) is 2.82. The van der Waals surface area contributed by atoms with Gasteiger partial charge in [-0.2, -0.15) is 0 Å². The highest BCUT2D eigenvalue weighted by Crippen LogP contribution is 1.96. The predicted molar refractivity (Wildman–Crippen MR) is 60.9 cm³/mol. The quantitative estimate of drug-likeness (QED) is 0.592. The Morgan fingerprint density at radius 1 is 1.08 bits per heavy atom. The minimum Gasteiger partial charge on any atom is -0.0917 e. The van der Waals surface area contributed by atoms with E-state index in [1.54, 1.807) is 0 Å². The molecule has 0 nitrogen and oxygen atoms in total. The third-order valence-electron chi connectivity index (χ3n) is 1.72. The number of aryl methyl sites for hydroxylation is 1. The number of allylic oxidation sites excluding steroid dienone is 2. The lowest BCUT2D eigenvalue weighted by Crippen LogP contribution is -1.73. The van der Waals surface area contributed by atoms with Gasteiger partial charge in [0.05, 0.1) is 0 Å². The van der Waals surface area contributed by atoms with E-state index in [-0.39, 0.29) is 0 Å². The summed E-state index contributed by atoms with van der Waals surface area (Å²) in [5.41, 5.74) is 1.41. The molecule has 0 saturated heterocycles. The van der Waals surface area contributed by atoms with Crippen LogP contribution in [0.15, 0.2) is 42.5 Å². The van der Waals surface area contributed by atoms with Crippen molar-refractivity contribution in [2.24, 2.45) is 0 Å². The van der Waals surface area contributed by atoms with Crippen LogP contribution >= 0.6 is 0 Å². The molecule has 0 heteroatoms. The second kappa shape index (κ2) is 9.05. The van der Waals surface area contributed by atoms with E-state index in [9.17, 15) is 0 Å². The molecule has 0 aliphatic heterocycles. The van der Waals surface area contributed by atoms with Crippen LogP contribution in [0.2, 0.25) is 0 Å². The topological polar surface area (TPSA) is 0 Å². The van der Waals surface area contributed by atoms with Gasteiger partial charge >= 0.3 is 0 Å². The molecule has 0 N–H and O–H groups in total. The molecular weight excluding hydrogens is 156 g/mol. The third-order valence-corrected chi connectivity index (χ3v) is 1.72. The van der Waals surface area contributed by atoms with Gasteiger partial charge in [-0.1, -0.05) is 56.3 Å². The summed E-state index contributed by atoms with van der Waals surface area (Å²) in [5, 5.41) is 0. The van der Waals surface area contributed by atoms with Crippen LogP contribution in [-0.4, -0.2) is 0 Å². The molecule has 1 aromatic carbocycles. The van der Waals surface area contributed by atoms with Crippen LogP contribution in [0.1, 0.15) is 32.8 Å². The molecule has 1 rings (SSSR count). The molecule has 0 aromatic heterocycles. The Bertz CT molecular complexity index is 209. The van der Waals surface area contributed by atoms with E-state index >= 15 is 0 Å². The van der Waals surface area contributed by atoms with Gasteiger partial charge in [0.1, 0.15) is 0 Å². The second-order valence-corrected chi connectivity index (χ2v) is 2.82. The number of hydrogen-bond donors (Lipinski definition) is 0. The van der Waals surface area contributed by atoms with Gasteiger partial charge in [0.15, 0.2) is 0 Å². The maximum atomic E-state index is 2.16. The monoisotopic (exact) mass is 176 g/mol. The average Bonchev–Trinajstić information content (AvgIpc) is 2.21. The van der Waals surface area contributed by atoms with E-state index < -0.39 is 0 Å². The van der Waals surface area contributed by atoms with Crippen LogP contribution in [0.4, 0.5) is 0 Å². The Balaban J connectivity index is 0.000000252. The van der Waals surface area contributed by atoms with Crippen molar-refractivity contribution in [3.8, 4) is 0 Å². The molecule has 0 fully saturated rings. The largest absolute Gasteiger partial charge is 0.0917 e. The van der Waals surface area contributed by atoms with E-state index in [1.807, 2.05) is 13.0 Å². The van der Waals surface area contributed by atoms with Crippen LogP contribution in [0.3, 0.4) is 0 Å². The van der Waals surface area contributed by atoms with Crippen molar-refractivity contribution in [1.82, 2.24) is 0 Å². The lowest BCUT2D eigenvalue weighted by atomic mass is 10.2. The minimum atomic E-state index is 1.14.